The molecule has 1 atom stereocenters. The number of carbonyl (C=O) groups excluding carboxylic acids is 1. The van der Waals surface area contributed by atoms with Crippen molar-refractivity contribution in [3.8, 4) is 5.75 Å². The zero-order valence-electron chi connectivity index (χ0n) is 13.9. The van der Waals surface area contributed by atoms with Gasteiger partial charge in [-0.1, -0.05) is 12.1 Å². The van der Waals surface area contributed by atoms with Crippen LogP contribution >= 0.6 is 0 Å². The van der Waals surface area contributed by atoms with E-state index in [1.807, 2.05) is 17.0 Å². The molecule has 0 bridgehead atoms. The van der Waals surface area contributed by atoms with E-state index in [1.165, 1.54) is 12.8 Å². The quantitative estimate of drug-likeness (QED) is 0.924. The van der Waals surface area contributed by atoms with Crippen molar-refractivity contribution in [3.63, 3.8) is 0 Å². The fourth-order valence-electron chi connectivity index (χ4n) is 4.24. The lowest BCUT2D eigenvalue weighted by Gasteiger charge is -2.42. The van der Waals surface area contributed by atoms with Crippen LogP contribution in [0.25, 0.3) is 0 Å². The van der Waals surface area contributed by atoms with Gasteiger partial charge in [0.1, 0.15) is 11.9 Å². The molecular weight excluding hydrogens is 306 g/mol. The van der Waals surface area contributed by atoms with Crippen LogP contribution in [0.15, 0.2) is 24.3 Å². The van der Waals surface area contributed by atoms with Crippen molar-refractivity contribution in [3.05, 3.63) is 29.8 Å². The van der Waals surface area contributed by atoms with Crippen molar-refractivity contribution in [1.29, 1.82) is 0 Å². The topological polar surface area (TPSA) is 59.0 Å². The summed E-state index contributed by atoms with van der Waals surface area (Å²) in [5, 5.41) is 9.69. The monoisotopic (exact) mass is 331 g/mol. The van der Waals surface area contributed by atoms with E-state index >= 15 is 0 Å². The van der Waals surface area contributed by atoms with Crippen molar-refractivity contribution < 1.29 is 19.4 Å². The van der Waals surface area contributed by atoms with Crippen LogP contribution in [-0.2, 0) is 14.3 Å². The Morgan fingerprint density at radius 1 is 1.21 bits per heavy atom. The van der Waals surface area contributed by atoms with Crippen LogP contribution in [0, 0.1) is 11.3 Å². The Balaban J connectivity index is 1.51. The number of rotatable bonds is 3. The van der Waals surface area contributed by atoms with Gasteiger partial charge in [-0.15, -0.1) is 0 Å². The van der Waals surface area contributed by atoms with Gasteiger partial charge < -0.3 is 19.5 Å². The third-order valence-corrected chi connectivity index (χ3v) is 5.77. The molecule has 1 saturated carbocycles. The third-order valence-electron chi connectivity index (χ3n) is 5.77. The van der Waals surface area contributed by atoms with E-state index in [1.54, 1.807) is 12.1 Å². The number of phenolic OH excluding ortho intramolecular Hbond substituents is 1. The fraction of sp³-hybridized carbons (Fsp3) is 0.632. The lowest BCUT2D eigenvalue weighted by Crippen LogP contribution is -2.52. The summed E-state index contributed by atoms with van der Waals surface area (Å²) < 4.78 is 11.4. The minimum absolute atomic E-state index is 0.161. The van der Waals surface area contributed by atoms with Crippen LogP contribution in [0.5, 0.6) is 5.75 Å². The molecule has 5 heteroatoms. The van der Waals surface area contributed by atoms with Gasteiger partial charge >= 0.3 is 0 Å². The molecule has 2 heterocycles. The normalized spacial score (nSPS) is 27.0. The second-order valence-corrected chi connectivity index (χ2v) is 7.25. The Hall–Kier alpha value is -1.59. The number of nitrogens with zero attached hydrogens (tertiary/aromatic N) is 1. The summed E-state index contributed by atoms with van der Waals surface area (Å²) in [6.45, 7) is 3.16. The molecule has 5 nitrogen and oxygen atoms in total. The number of ether oxygens (including phenoxy) is 2. The van der Waals surface area contributed by atoms with Gasteiger partial charge in [-0.2, -0.15) is 0 Å². The second-order valence-electron chi connectivity index (χ2n) is 7.25. The van der Waals surface area contributed by atoms with Crippen molar-refractivity contribution >= 4 is 5.91 Å². The predicted molar refractivity (Wildman–Crippen MR) is 88.6 cm³/mol. The fourth-order valence-corrected chi connectivity index (χ4v) is 4.24. The number of aromatic hydroxyl groups is 1. The van der Waals surface area contributed by atoms with Crippen LogP contribution in [0.3, 0.4) is 0 Å². The Morgan fingerprint density at radius 3 is 2.71 bits per heavy atom. The zero-order valence-corrected chi connectivity index (χ0v) is 13.9. The molecule has 1 amide bonds. The van der Waals surface area contributed by atoms with Gasteiger partial charge in [0.2, 0.25) is 5.91 Å². The Morgan fingerprint density at radius 2 is 2.00 bits per heavy atom. The third kappa shape index (κ3) is 2.91. The summed E-state index contributed by atoms with van der Waals surface area (Å²) in [5.41, 5.74) is 0.721. The average Bonchev–Trinajstić information content (AvgIpc) is 3.47. The van der Waals surface area contributed by atoms with E-state index in [-0.39, 0.29) is 17.3 Å². The smallest absolute Gasteiger partial charge is 0.229 e. The van der Waals surface area contributed by atoms with E-state index in [4.69, 9.17) is 9.47 Å². The van der Waals surface area contributed by atoms with Gasteiger partial charge in [-0.05, 0) is 49.3 Å². The lowest BCUT2D eigenvalue weighted by atomic mass is 9.74. The first-order chi connectivity index (χ1) is 11.7. The number of benzene rings is 1. The van der Waals surface area contributed by atoms with E-state index < -0.39 is 0 Å². The van der Waals surface area contributed by atoms with Crippen LogP contribution in [0.2, 0.25) is 0 Å². The molecule has 2 aliphatic heterocycles. The van der Waals surface area contributed by atoms with Crippen molar-refractivity contribution in [2.75, 3.05) is 32.9 Å². The molecule has 1 N–H and O–H groups in total. The number of carbonyl (C=O) groups is 1. The van der Waals surface area contributed by atoms with Crippen molar-refractivity contribution in [2.45, 2.75) is 31.8 Å². The Labute approximate surface area is 142 Å². The first-order valence-electron chi connectivity index (χ1n) is 8.97. The highest BCUT2D eigenvalue weighted by atomic mass is 16.5. The molecule has 0 radical (unpaired) electrons. The SMILES string of the molecule is O=C(N1CCOC(c2cccc(O)c2)C1)C1(C2CC2)CCOCC1. The molecular formula is C19H25NO4. The maximum Gasteiger partial charge on any atom is 0.229 e. The minimum Gasteiger partial charge on any atom is -0.508 e. The Bertz CT molecular complexity index is 607. The maximum absolute atomic E-state index is 13.4. The highest BCUT2D eigenvalue weighted by Gasteiger charge is 2.53. The summed E-state index contributed by atoms with van der Waals surface area (Å²) in [5.74, 6) is 1.07. The first-order valence-corrected chi connectivity index (χ1v) is 8.97. The van der Waals surface area contributed by atoms with Crippen LogP contribution < -0.4 is 0 Å². The molecule has 3 fully saturated rings. The average molecular weight is 331 g/mol. The summed E-state index contributed by atoms with van der Waals surface area (Å²) in [7, 11) is 0. The number of phenols is 1. The largest absolute Gasteiger partial charge is 0.508 e. The summed E-state index contributed by atoms with van der Waals surface area (Å²) in [4.78, 5) is 15.4. The maximum atomic E-state index is 13.4. The van der Waals surface area contributed by atoms with E-state index in [9.17, 15) is 9.90 Å². The van der Waals surface area contributed by atoms with E-state index in [0.29, 0.717) is 44.7 Å². The van der Waals surface area contributed by atoms with Gasteiger partial charge in [-0.25, -0.2) is 0 Å². The van der Waals surface area contributed by atoms with E-state index in [0.717, 1.165) is 18.4 Å². The molecule has 4 rings (SSSR count). The summed E-state index contributed by atoms with van der Waals surface area (Å²) >= 11 is 0. The molecule has 0 spiro atoms. The van der Waals surface area contributed by atoms with Crippen molar-refractivity contribution in [2.24, 2.45) is 11.3 Å². The molecule has 130 valence electrons. The molecule has 1 aromatic carbocycles. The van der Waals surface area contributed by atoms with E-state index in [2.05, 4.69) is 0 Å². The van der Waals surface area contributed by atoms with Gasteiger partial charge in [0.15, 0.2) is 0 Å². The minimum atomic E-state index is -0.209. The molecule has 1 aromatic rings. The zero-order chi connectivity index (χ0) is 16.6. The number of hydrogen-bond donors (Lipinski definition) is 1. The van der Waals surface area contributed by atoms with Gasteiger partial charge in [0.25, 0.3) is 0 Å². The van der Waals surface area contributed by atoms with Gasteiger partial charge in [0, 0.05) is 19.8 Å². The molecule has 1 unspecified atom stereocenters. The van der Waals surface area contributed by atoms with Crippen LogP contribution in [0.1, 0.15) is 37.4 Å². The predicted octanol–water partition coefficient (Wildman–Crippen LogP) is 2.50. The molecule has 2 saturated heterocycles. The lowest BCUT2D eigenvalue weighted by molar-refractivity contribution is -0.157. The summed E-state index contributed by atoms with van der Waals surface area (Å²) in [6.07, 6.45) is 3.89. The van der Waals surface area contributed by atoms with Gasteiger partial charge in [-0.3, -0.25) is 4.79 Å². The number of morpholine rings is 1. The molecule has 3 aliphatic rings. The van der Waals surface area contributed by atoms with Gasteiger partial charge in [0.05, 0.1) is 18.6 Å². The second kappa shape index (κ2) is 6.37. The Kier molecular flexibility index (Phi) is 4.22. The first kappa shape index (κ1) is 15.9. The standard InChI is InChI=1S/C19H25NO4/c21-16-3-1-2-14(12-16)17-13-20(8-11-24-17)18(22)19(15-4-5-15)6-9-23-10-7-19/h1-3,12,15,17,21H,4-11,13H2. The highest BCUT2D eigenvalue weighted by molar-refractivity contribution is 5.83. The number of hydrogen-bond acceptors (Lipinski definition) is 4. The van der Waals surface area contributed by atoms with Crippen LogP contribution in [-0.4, -0.2) is 48.8 Å². The molecule has 1 aliphatic carbocycles. The van der Waals surface area contributed by atoms with Crippen LogP contribution in [0.4, 0.5) is 0 Å². The molecule has 0 aromatic heterocycles. The molecule has 24 heavy (non-hydrogen) atoms. The highest BCUT2D eigenvalue weighted by Crippen LogP contribution is 2.52. The summed E-state index contributed by atoms with van der Waals surface area (Å²) in [6, 6.07) is 7.14. The van der Waals surface area contributed by atoms with Crippen molar-refractivity contribution in [1.82, 2.24) is 4.90 Å². The number of amides is 1.